The molecule has 1 aromatic rings. The second-order valence-corrected chi connectivity index (χ2v) is 4.68. The normalized spacial score (nSPS) is 23.7. The van der Waals surface area contributed by atoms with E-state index >= 15 is 0 Å². The lowest BCUT2D eigenvalue weighted by Crippen LogP contribution is -2.35. The van der Waals surface area contributed by atoms with Gasteiger partial charge in [-0.15, -0.1) is 0 Å². The average molecular weight is 250 g/mol. The Balaban J connectivity index is 2.00. The van der Waals surface area contributed by atoms with Crippen molar-refractivity contribution in [3.8, 4) is 11.8 Å². The minimum absolute atomic E-state index is 0.202. The van der Waals surface area contributed by atoms with E-state index in [0.29, 0.717) is 30.8 Å². The average Bonchev–Trinajstić information content (AvgIpc) is 2.40. The molecular formula is C14H22N2O2. The molecule has 0 aromatic carbocycles. The Bertz CT molecular complexity index is 371. The molecule has 0 amide bonds. The van der Waals surface area contributed by atoms with Gasteiger partial charge in [-0.2, -0.15) is 4.98 Å². The van der Waals surface area contributed by atoms with Gasteiger partial charge in [-0.25, -0.2) is 0 Å². The molecule has 4 nitrogen and oxygen atoms in total. The molecule has 0 bridgehead atoms. The van der Waals surface area contributed by atoms with Crippen LogP contribution in [-0.4, -0.2) is 24.2 Å². The van der Waals surface area contributed by atoms with Crippen molar-refractivity contribution < 1.29 is 9.47 Å². The van der Waals surface area contributed by atoms with Crippen LogP contribution >= 0.6 is 0 Å². The maximum absolute atomic E-state index is 5.97. The molecule has 0 spiro atoms. The number of aromatic nitrogens is 1. The van der Waals surface area contributed by atoms with Crippen molar-refractivity contribution in [2.24, 2.45) is 11.7 Å². The highest BCUT2D eigenvalue weighted by Crippen LogP contribution is 2.27. The molecule has 100 valence electrons. The van der Waals surface area contributed by atoms with Gasteiger partial charge in [0.2, 0.25) is 11.8 Å². The van der Waals surface area contributed by atoms with Gasteiger partial charge >= 0.3 is 0 Å². The first-order chi connectivity index (χ1) is 8.83. The molecule has 2 unspecified atom stereocenters. The van der Waals surface area contributed by atoms with Crippen LogP contribution in [0.5, 0.6) is 11.8 Å². The maximum Gasteiger partial charge on any atom is 0.216 e. The number of pyridine rings is 1. The summed E-state index contributed by atoms with van der Waals surface area (Å²) < 4.78 is 11.3. The molecule has 4 heteroatoms. The van der Waals surface area contributed by atoms with Gasteiger partial charge in [0.15, 0.2) is 0 Å². The molecule has 1 fully saturated rings. The highest BCUT2D eigenvalue weighted by molar-refractivity contribution is 5.20. The Morgan fingerprint density at radius 3 is 2.83 bits per heavy atom. The summed E-state index contributed by atoms with van der Waals surface area (Å²) in [5, 5.41) is 0. The minimum Gasteiger partial charge on any atom is -0.478 e. The van der Waals surface area contributed by atoms with Crippen molar-refractivity contribution in [2.75, 3.05) is 13.2 Å². The SMILES string of the molecule is CCOc1cccc(OC2CCCCC2CN)n1. The standard InChI is InChI=1S/C14H22N2O2/c1-2-17-13-8-5-9-14(16-13)18-12-7-4-3-6-11(12)10-15/h5,8-9,11-12H,2-4,6-7,10,15H2,1H3. The zero-order chi connectivity index (χ0) is 12.8. The van der Waals surface area contributed by atoms with Crippen molar-refractivity contribution in [3.05, 3.63) is 18.2 Å². The van der Waals surface area contributed by atoms with Crippen molar-refractivity contribution in [1.82, 2.24) is 4.98 Å². The summed E-state index contributed by atoms with van der Waals surface area (Å²) in [5.74, 6) is 1.72. The first kappa shape index (κ1) is 13.1. The van der Waals surface area contributed by atoms with Crippen LogP contribution in [0.25, 0.3) is 0 Å². The van der Waals surface area contributed by atoms with Crippen molar-refractivity contribution in [2.45, 2.75) is 38.7 Å². The van der Waals surface area contributed by atoms with E-state index in [4.69, 9.17) is 15.2 Å². The van der Waals surface area contributed by atoms with Gasteiger partial charge in [-0.1, -0.05) is 12.5 Å². The highest BCUT2D eigenvalue weighted by Gasteiger charge is 2.25. The molecule has 1 aromatic heterocycles. The molecule has 1 heterocycles. The molecule has 2 N–H and O–H groups in total. The van der Waals surface area contributed by atoms with E-state index in [-0.39, 0.29) is 6.10 Å². The van der Waals surface area contributed by atoms with Gasteiger partial charge in [0, 0.05) is 18.1 Å². The Morgan fingerprint density at radius 2 is 2.06 bits per heavy atom. The predicted octanol–water partition coefficient (Wildman–Crippen LogP) is 2.38. The Labute approximate surface area is 108 Å². The van der Waals surface area contributed by atoms with Gasteiger partial charge in [-0.3, -0.25) is 0 Å². The number of hydrogen-bond donors (Lipinski definition) is 1. The summed E-state index contributed by atoms with van der Waals surface area (Å²) in [5.41, 5.74) is 5.80. The smallest absolute Gasteiger partial charge is 0.216 e. The third kappa shape index (κ3) is 3.35. The molecule has 1 aliphatic carbocycles. The Morgan fingerprint density at radius 1 is 1.28 bits per heavy atom. The Kier molecular flexibility index (Phi) is 4.81. The first-order valence-electron chi connectivity index (χ1n) is 6.80. The highest BCUT2D eigenvalue weighted by atomic mass is 16.5. The Hall–Kier alpha value is -1.29. The summed E-state index contributed by atoms with van der Waals surface area (Å²) in [6.45, 7) is 3.25. The molecule has 0 saturated heterocycles. The van der Waals surface area contributed by atoms with Crippen LogP contribution in [0.1, 0.15) is 32.6 Å². The first-order valence-corrected chi connectivity index (χ1v) is 6.80. The van der Waals surface area contributed by atoms with Crippen LogP contribution in [0, 0.1) is 5.92 Å². The van der Waals surface area contributed by atoms with E-state index in [9.17, 15) is 0 Å². The summed E-state index contributed by atoms with van der Waals surface area (Å²) in [4.78, 5) is 4.34. The molecule has 0 radical (unpaired) electrons. The quantitative estimate of drug-likeness (QED) is 0.871. The van der Waals surface area contributed by atoms with Crippen molar-refractivity contribution in [3.63, 3.8) is 0 Å². The molecular weight excluding hydrogens is 228 g/mol. The van der Waals surface area contributed by atoms with E-state index in [1.54, 1.807) is 0 Å². The largest absolute Gasteiger partial charge is 0.478 e. The van der Waals surface area contributed by atoms with Crippen LogP contribution < -0.4 is 15.2 Å². The van der Waals surface area contributed by atoms with Crippen molar-refractivity contribution in [1.29, 1.82) is 0 Å². The van der Waals surface area contributed by atoms with Gasteiger partial charge in [0.25, 0.3) is 0 Å². The molecule has 2 atom stereocenters. The summed E-state index contributed by atoms with van der Waals surface area (Å²) in [6, 6.07) is 5.63. The monoisotopic (exact) mass is 250 g/mol. The number of rotatable bonds is 5. The fourth-order valence-electron chi connectivity index (χ4n) is 2.44. The van der Waals surface area contributed by atoms with E-state index in [1.165, 1.54) is 12.8 Å². The number of nitrogens with two attached hydrogens (primary N) is 1. The molecule has 1 saturated carbocycles. The molecule has 0 aliphatic heterocycles. The van der Waals surface area contributed by atoms with E-state index in [1.807, 2.05) is 25.1 Å². The molecule has 1 aliphatic rings. The lowest BCUT2D eigenvalue weighted by Gasteiger charge is -2.30. The van der Waals surface area contributed by atoms with Crippen LogP contribution in [0.2, 0.25) is 0 Å². The van der Waals surface area contributed by atoms with Crippen LogP contribution in [0.4, 0.5) is 0 Å². The fraction of sp³-hybridized carbons (Fsp3) is 0.643. The molecule has 18 heavy (non-hydrogen) atoms. The second-order valence-electron chi connectivity index (χ2n) is 4.68. The third-order valence-corrected chi connectivity index (χ3v) is 3.40. The zero-order valence-corrected chi connectivity index (χ0v) is 11.0. The van der Waals surface area contributed by atoms with E-state index in [2.05, 4.69) is 4.98 Å². The van der Waals surface area contributed by atoms with Crippen LogP contribution in [0.3, 0.4) is 0 Å². The summed E-state index contributed by atoms with van der Waals surface area (Å²) in [7, 11) is 0. The predicted molar refractivity (Wildman–Crippen MR) is 70.8 cm³/mol. The van der Waals surface area contributed by atoms with E-state index < -0.39 is 0 Å². The molecule has 2 rings (SSSR count). The van der Waals surface area contributed by atoms with Crippen molar-refractivity contribution >= 4 is 0 Å². The fourth-order valence-corrected chi connectivity index (χ4v) is 2.44. The summed E-state index contributed by atoms with van der Waals surface area (Å²) >= 11 is 0. The minimum atomic E-state index is 0.202. The second kappa shape index (κ2) is 6.59. The number of hydrogen-bond acceptors (Lipinski definition) is 4. The summed E-state index contributed by atoms with van der Waals surface area (Å²) in [6.07, 6.45) is 4.91. The van der Waals surface area contributed by atoms with Gasteiger partial charge in [-0.05, 0) is 32.7 Å². The zero-order valence-electron chi connectivity index (χ0n) is 11.0. The lowest BCUT2D eigenvalue weighted by molar-refractivity contribution is 0.0914. The third-order valence-electron chi connectivity index (χ3n) is 3.40. The number of nitrogens with zero attached hydrogens (tertiary/aromatic N) is 1. The maximum atomic E-state index is 5.97. The number of ether oxygens (including phenoxy) is 2. The van der Waals surface area contributed by atoms with E-state index in [0.717, 1.165) is 12.8 Å². The topological polar surface area (TPSA) is 57.4 Å². The van der Waals surface area contributed by atoms with Gasteiger partial charge in [0.05, 0.1) is 6.61 Å². The van der Waals surface area contributed by atoms with Gasteiger partial charge in [0.1, 0.15) is 6.10 Å². The van der Waals surface area contributed by atoms with Gasteiger partial charge < -0.3 is 15.2 Å². The lowest BCUT2D eigenvalue weighted by atomic mass is 9.86. The van der Waals surface area contributed by atoms with Crippen LogP contribution in [-0.2, 0) is 0 Å². The van der Waals surface area contributed by atoms with Crippen LogP contribution in [0.15, 0.2) is 18.2 Å².